The molecule has 7 atom stereocenters. The Labute approximate surface area is 198 Å². The Morgan fingerprint density at radius 1 is 1.18 bits per heavy atom. The van der Waals surface area contributed by atoms with Crippen molar-refractivity contribution in [1.82, 2.24) is 0 Å². The van der Waals surface area contributed by atoms with Gasteiger partial charge in [0.1, 0.15) is 23.2 Å². The summed E-state index contributed by atoms with van der Waals surface area (Å²) < 4.78 is 29.1. The van der Waals surface area contributed by atoms with Crippen LogP contribution in [0, 0.1) is 22.7 Å². The smallest absolute Gasteiger partial charge is 0.313 e. The van der Waals surface area contributed by atoms with Crippen molar-refractivity contribution >= 4 is 17.9 Å². The molecule has 1 aliphatic carbocycles. The van der Waals surface area contributed by atoms with Crippen LogP contribution in [0.5, 0.6) is 0 Å². The second-order valence-corrected chi connectivity index (χ2v) is 11.2. The molecular formula is C26H32O8. The van der Waals surface area contributed by atoms with E-state index in [9.17, 15) is 14.4 Å². The van der Waals surface area contributed by atoms with E-state index >= 15 is 0 Å². The number of carbonyl (C=O) groups is 3. The van der Waals surface area contributed by atoms with Crippen LogP contribution in [0.25, 0.3) is 0 Å². The van der Waals surface area contributed by atoms with Crippen molar-refractivity contribution in [3.8, 4) is 0 Å². The van der Waals surface area contributed by atoms with Crippen LogP contribution in [0.4, 0.5) is 0 Å². The minimum absolute atomic E-state index is 0.00109. The van der Waals surface area contributed by atoms with Crippen molar-refractivity contribution in [3.63, 3.8) is 0 Å². The molecule has 0 radical (unpaired) electrons. The molecule has 2 bridgehead atoms. The van der Waals surface area contributed by atoms with E-state index in [0.29, 0.717) is 12.8 Å². The first-order chi connectivity index (χ1) is 15.9. The monoisotopic (exact) mass is 472 g/mol. The van der Waals surface area contributed by atoms with Crippen molar-refractivity contribution in [3.05, 3.63) is 36.3 Å². The van der Waals surface area contributed by atoms with Gasteiger partial charge in [-0.15, -0.1) is 0 Å². The standard InChI is InChI=1S/C26H32O8/c1-14-16-7-9-24(4)21(15-8-10-31-13-15)32-19(28)12-26(14,24)33-17-11-18(27)34-23(2,3)20(22(29)30-6)25(16,17)5/h8,10,13,16-17,20-21H,1,7,9,11-12H2,2-6H3/t16-,17+,20-,21-,24-,25-,26+/m1/s1. The van der Waals surface area contributed by atoms with Gasteiger partial charge >= 0.3 is 17.9 Å². The number of fused-ring (bicyclic) bond motifs is 3. The van der Waals surface area contributed by atoms with Gasteiger partial charge in [0.15, 0.2) is 0 Å². The third-order valence-electron chi connectivity index (χ3n) is 9.15. The Balaban J connectivity index is 1.68. The van der Waals surface area contributed by atoms with Gasteiger partial charge in [-0.1, -0.05) is 20.4 Å². The summed E-state index contributed by atoms with van der Waals surface area (Å²) in [4.78, 5) is 39.1. The van der Waals surface area contributed by atoms with Crippen molar-refractivity contribution in [2.45, 2.75) is 76.8 Å². The predicted octanol–water partition coefficient (Wildman–Crippen LogP) is 3.90. The lowest BCUT2D eigenvalue weighted by molar-refractivity contribution is -0.290. The van der Waals surface area contributed by atoms with Gasteiger partial charge in [-0.05, 0) is 44.2 Å². The average molecular weight is 473 g/mol. The second kappa shape index (κ2) is 7.20. The normalized spacial score (nSPS) is 43.0. The van der Waals surface area contributed by atoms with Crippen LogP contribution in [0.15, 0.2) is 35.2 Å². The minimum atomic E-state index is -1.10. The van der Waals surface area contributed by atoms with Crippen LogP contribution in [0.1, 0.15) is 65.0 Å². The Hall–Kier alpha value is -2.61. The number of rotatable bonds is 2. The molecule has 1 spiro atoms. The van der Waals surface area contributed by atoms with Gasteiger partial charge in [0.2, 0.25) is 0 Å². The highest BCUT2D eigenvalue weighted by Gasteiger charge is 2.73. The fourth-order valence-corrected chi connectivity index (χ4v) is 7.62. The molecule has 184 valence electrons. The van der Waals surface area contributed by atoms with E-state index in [2.05, 4.69) is 13.5 Å². The number of cyclic esters (lactones) is 2. The number of hydrogen-bond donors (Lipinski definition) is 0. The molecule has 5 rings (SSSR count). The summed E-state index contributed by atoms with van der Waals surface area (Å²) in [5.41, 5.74) is -2.08. The molecule has 8 nitrogen and oxygen atoms in total. The zero-order valence-electron chi connectivity index (χ0n) is 20.3. The molecule has 0 N–H and O–H groups in total. The van der Waals surface area contributed by atoms with Gasteiger partial charge in [-0.25, -0.2) is 0 Å². The lowest BCUT2D eigenvalue weighted by atomic mass is 9.45. The molecule has 1 aromatic rings. The summed E-state index contributed by atoms with van der Waals surface area (Å²) in [6.45, 7) is 12.0. The van der Waals surface area contributed by atoms with E-state index in [1.165, 1.54) is 7.11 Å². The van der Waals surface area contributed by atoms with Crippen LogP contribution in [0.3, 0.4) is 0 Å². The van der Waals surface area contributed by atoms with Gasteiger partial charge in [-0.2, -0.15) is 0 Å². The van der Waals surface area contributed by atoms with Crippen LogP contribution < -0.4 is 0 Å². The Bertz CT molecular complexity index is 1060. The van der Waals surface area contributed by atoms with Crippen molar-refractivity contribution in [2.75, 3.05) is 7.11 Å². The fraction of sp³-hybridized carbons (Fsp3) is 0.654. The molecule has 0 aromatic carbocycles. The summed E-state index contributed by atoms with van der Waals surface area (Å²) in [6.07, 6.45) is 3.22. The number of carbonyl (C=O) groups excluding carboxylic acids is 3. The lowest BCUT2D eigenvalue weighted by Crippen LogP contribution is -2.71. The molecule has 8 heteroatoms. The third kappa shape index (κ3) is 2.78. The average Bonchev–Trinajstić information content (AvgIpc) is 3.25. The van der Waals surface area contributed by atoms with Crippen molar-refractivity contribution in [2.24, 2.45) is 22.7 Å². The zero-order valence-corrected chi connectivity index (χ0v) is 20.3. The van der Waals surface area contributed by atoms with Crippen LogP contribution >= 0.6 is 0 Å². The fourth-order valence-electron chi connectivity index (χ4n) is 7.62. The van der Waals surface area contributed by atoms with E-state index in [-0.39, 0.29) is 18.8 Å². The van der Waals surface area contributed by atoms with E-state index in [0.717, 1.165) is 11.1 Å². The molecule has 0 amide bonds. The maximum absolute atomic E-state index is 13.2. The highest BCUT2D eigenvalue weighted by atomic mass is 16.6. The van der Waals surface area contributed by atoms with Gasteiger partial charge in [-0.3, -0.25) is 14.4 Å². The number of hydrogen-bond acceptors (Lipinski definition) is 8. The topological polar surface area (TPSA) is 101 Å². The van der Waals surface area contributed by atoms with Crippen LogP contribution in [-0.2, 0) is 33.3 Å². The molecule has 1 saturated carbocycles. The second-order valence-electron chi connectivity index (χ2n) is 11.2. The molecule has 3 saturated heterocycles. The zero-order chi connectivity index (χ0) is 24.7. The van der Waals surface area contributed by atoms with Gasteiger partial charge in [0.05, 0.1) is 38.6 Å². The number of methoxy groups -OCH3 is 1. The summed E-state index contributed by atoms with van der Waals surface area (Å²) in [7, 11) is 1.34. The highest BCUT2D eigenvalue weighted by molar-refractivity contribution is 5.79. The van der Waals surface area contributed by atoms with E-state index in [1.807, 2.05) is 6.92 Å². The lowest BCUT2D eigenvalue weighted by Gasteiger charge is -2.67. The Morgan fingerprint density at radius 2 is 1.91 bits per heavy atom. The molecule has 34 heavy (non-hydrogen) atoms. The van der Waals surface area contributed by atoms with Gasteiger partial charge < -0.3 is 23.4 Å². The largest absolute Gasteiger partial charge is 0.472 e. The molecular weight excluding hydrogens is 440 g/mol. The summed E-state index contributed by atoms with van der Waals surface area (Å²) in [6, 6.07) is 1.79. The molecule has 4 fully saturated rings. The van der Waals surface area contributed by atoms with E-state index < -0.39 is 58.1 Å². The first kappa shape index (κ1) is 23.1. The Kier molecular flexibility index (Phi) is 4.90. The first-order valence-electron chi connectivity index (χ1n) is 11.8. The predicted molar refractivity (Wildman–Crippen MR) is 118 cm³/mol. The van der Waals surface area contributed by atoms with Gasteiger partial charge in [0, 0.05) is 16.4 Å². The molecule has 1 aromatic heterocycles. The molecule has 4 heterocycles. The quantitative estimate of drug-likeness (QED) is 0.363. The minimum Gasteiger partial charge on any atom is -0.472 e. The number of ether oxygens (including phenoxy) is 4. The SMILES string of the molecule is C=C1[C@H]2CC[C@]3(C)[C@@H](c4ccoc4)OC(=O)C[C@]13O[C@H]1CC(=O)OC(C)(C)[C@@H](C(=O)OC)[C@@]12C. The molecule has 3 aliphatic heterocycles. The van der Waals surface area contributed by atoms with Crippen molar-refractivity contribution < 1.29 is 37.7 Å². The maximum Gasteiger partial charge on any atom is 0.313 e. The van der Waals surface area contributed by atoms with Crippen LogP contribution in [-0.4, -0.2) is 42.3 Å². The summed E-state index contributed by atoms with van der Waals surface area (Å²) in [5.74, 6) is -2.25. The maximum atomic E-state index is 13.2. The van der Waals surface area contributed by atoms with Crippen LogP contribution in [0.2, 0.25) is 0 Å². The van der Waals surface area contributed by atoms with Crippen molar-refractivity contribution in [1.29, 1.82) is 0 Å². The summed E-state index contributed by atoms with van der Waals surface area (Å²) in [5, 5.41) is 0. The Morgan fingerprint density at radius 3 is 2.56 bits per heavy atom. The van der Waals surface area contributed by atoms with Gasteiger partial charge in [0.25, 0.3) is 0 Å². The highest BCUT2D eigenvalue weighted by Crippen LogP contribution is 2.70. The van der Waals surface area contributed by atoms with E-state index in [1.54, 1.807) is 32.4 Å². The van der Waals surface area contributed by atoms with E-state index in [4.69, 9.17) is 23.4 Å². The first-order valence-corrected chi connectivity index (χ1v) is 11.8. The molecule has 4 aliphatic rings. The molecule has 0 unspecified atom stereocenters. The third-order valence-corrected chi connectivity index (χ3v) is 9.15. The number of esters is 3. The summed E-state index contributed by atoms with van der Waals surface area (Å²) >= 11 is 0. The number of furan rings is 1.